The molecule has 1 aliphatic heterocycles. The normalized spacial score (nSPS) is 15.5. The van der Waals surface area contributed by atoms with Gasteiger partial charge in [-0.1, -0.05) is 20.8 Å². The minimum Gasteiger partial charge on any atom is -0.490 e. The Kier molecular flexibility index (Phi) is 6.85. The number of fused-ring (bicyclic) bond motifs is 1. The molecule has 0 atom stereocenters. The molecule has 8 nitrogen and oxygen atoms in total. The van der Waals surface area contributed by atoms with Crippen LogP contribution in [0.3, 0.4) is 0 Å². The predicted molar refractivity (Wildman–Crippen MR) is 130 cm³/mol. The number of aliphatic hydroxyl groups is 1. The van der Waals surface area contributed by atoms with E-state index in [9.17, 15) is 10.1 Å². The second-order valence-electron chi connectivity index (χ2n) is 9.63. The molecule has 3 aromatic heterocycles. The maximum atomic E-state index is 12.3. The largest absolute Gasteiger partial charge is 0.490 e. The molecule has 8 heteroatoms. The van der Waals surface area contributed by atoms with Crippen molar-refractivity contribution < 1.29 is 14.6 Å². The van der Waals surface area contributed by atoms with E-state index in [1.807, 2.05) is 38.2 Å². The van der Waals surface area contributed by atoms with E-state index in [-0.39, 0.29) is 24.5 Å². The third-order valence-corrected chi connectivity index (χ3v) is 6.67. The van der Waals surface area contributed by atoms with Gasteiger partial charge in [-0.05, 0) is 36.5 Å². The molecule has 0 aromatic carbocycles. The number of nitrogens with zero attached hydrogens (tertiary/aromatic N) is 5. The van der Waals surface area contributed by atoms with Crippen molar-refractivity contribution in [3.8, 4) is 22.9 Å². The molecule has 34 heavy (non-hydrogen) atoms. The molecule has 0 saturated carbocycles. The first-order valence-electron chi connectivity index (χ1n) is 11.7. The second kappa shape index (κ2) is 9.82. The quantitative estimate of drug-likeness (QED) is 0.543. The van der Waals surface area contributed by atoms with Gasteiger partial charge in [-0.15, -0.1) is 0 Å². The lowest BCUT2D eigenvalue weighted by molar-refractivity contribution is -0.124. The monoisotopic (exact) mass is 461 g/mol. The zero-order chi connectivity index (χ0) is 24.3. The SMILES string of the molecule is CC(C)C(=O)CC1(C)CCN(c2ccc(-c3cc(OCCO)cn4ncc(C#N)c34)cn2)CC1. The highest BCUT2D eigenvalue weighted by Gasteiger charge is 2.33. The predicted octanol–water partition coefficient (Wildman–Crippen LogP) is 3.86. The van der Waals surface area contributed by atoms with Gasteiger partial charge in [-0.3, -0.25) is 4.79 Å². The third kappa shape index (κ3) is 4.90. The molecule has 4 heterocycles. The fourth-order valence-electron chi connectivity index (χ4n) is 4.45. The van der Waals surface area contributed by atoms with Crippen molar-refractivity contribution >= 4 is 17.1 Å². The van der Waals surface area contributed by atoms with Crippen LogP contribution in [-0.4, -0.2) is 51.8 Å². The van der Waals surface area contributed by atoms with Crippen LogP contribution in [0, 0.1) is 22.7 Å². The maximum absolute atomic E-state index is 12.3. The summed E-state index contributed by atoms with van der Waals surface area (Å²) in [6.45, 7) is 7.97. The van der Waals surface area contributed by atoms with Crippen molar-refractivity contribution in [2.75, 3.05) is 31.2 Å². The standard InChI is InChI=1S/C26H31N5O3/c1-18(2)23(33)13-26(3)6-8-30(9-7-26)24-5-4-19(15-28-24)22-12-21(34-11-10-32)17-31-25(22)20(14-27)16-29-31/h4-5,12,15-18,32H,6-11,13H2,1-3H3. The molecular formula is C26H31N5O3. The summed E-state index contributed by atoms with van der Waals surface area (Å²) in [5.41, 5.74) is 2.86. The lowest BCUT2D eigenvalue weighted by Gasteiger charge is -2.40. The molecule has 1 aliphatic rings. The molecule has 1 saturated heterocycles. The zero-order valence-electron chi connectivity index (χ0n) is 20.0. The third-order valence-electron chi connectivity index (χ3n) is 6.67. The van der Waals surface area contributed by atoms with Gasteiger partial charge >= 0.3 is 0 Å². The number of aliphatic hydroxyl groups excluding tert-OH is 1. The molecule has 1 fully saturated rings. The van der Waals surface area contributed by atoms with Crippen molar-refractivity contribution in [2.45, 2.75) is 40.0 Å². The Morgan fingerprint density at radius 2 is 2.06 bits per heavy atom. The number of nitriles is 1. The molecular weight excluding hydrogens is 430 g/mol. The van der Waals surface area contributed by atoms with Crippen LogP contribution >= 0.6 is 0 Å². The summed E-state index contributed by atoms with van der Waals surface area (Å²) in [6.07, 6.45) is 7.60. The number of Topliss-reactive ketones (excluding diaryl/α,β-unsaturated/α-hetero) is 1. The molecule has 0 radical (unpaired) electrons. The summed E-state index contributed by atoms with van der Waals surface area (Å²) < 4.78 is 7.23. The summed E-state index contributed by atoms with van der Waals surface area (Å²) >= 11 is 0. The number of hydrogen-bond donors (Lipinski definition) is 1. The zero-order valence-corrected chi connectivity index (χ0v) is 20.0. The Balaban J connectivity index is 1.55. The maximum Gasteiger partial charge on any atom is 0.138 e. The van der Waals surface area contributed by atoms with E-state index < -0.39 is 0 Å². The van der Waals surface area contributed by atoms with Crippen molar-refractivity contribution in [2.24, 2.45) is 11.3 Å². The average Bonchev–Trinajstić information content (AvgIpc) is 3.26. The number of hydrogen-bond acceptors (Lipinski definition) is 7. The van der Waals surface area contributed by atoms with E-state index in [0.29, 0.717) is 29.0 Å². The van der Waals surface area contributed by atoms with E-state index in [2.05, 4.69) is 23.0 Å². The number of carbonyl (C=O) groups excluding carboxylic acids is 1. The topological polar surface area (TPSA) is 104 Å². The fourth-order valence-corrected chi connectivity index (χ4v) is 4.45. The minimum absolute atomic E-state index is 0.0497. The summed E-state index contributed by atoms with van der Waals surface area (Å²) in [6, 6.07) is 8.04. The van der Waals surface area contributed by atoms with E-state index in [4.69, 9.17) is 14.8 Å². The van der Waals surface area contributed by atoms with Crippen molar-refractivity contribution in [3.05, 3.63) is 42.4 Å². The highest BCUT2D eigenvalue weighted by atomic mass is 16.5. The van der Waals surface area contributed by atoms with Crippen molar-refractivity contribution in [3.63, 3.8) is 0 Å². The Morgan fingerprint density at radius 1 is 1.29 bits per heavy atom. The number of aromatic nitrogens is 3. The summed E-state index contributed by atoms with van der Waals surface area (Å²) in [7, 11) is 0. The smallest absolute Gasteiger partial charge is 0.138 e. The van der Waals surface area contributed by atoms with Crippen LogP contribution in [0.25, 0.3) is 16.6 Å². The highest BCUT2D eigenvalue weighted by molar-refractivity contribution is 5.85. The first-order valence-corrected chi connectivity index (χ1v) is 11.7. The number of ketones is 1. The van der Waals surface area contributed by atoms with Crippen LogP contribution in [0.15, 0.2) is 36.8 Å². The molecule has 3 aromatic rings. The van der Waals surface area contributed by atoms with E-state index in [1.165, 1.54) is 6.20 Å². The molecule has 0 aliphatic carbocycles. The van der Waals surface area contributed by atoms with Gasteiger partial charge in [0.2, 0.25) is 0 Å². The molecule has 0 unspecified atom stereocenters. The number of rotatable bonds is 8. The molecule has 1 N–H and O–H groups in total. The van der Waals surface area contributed by atoms with Crippen LogP contribution in [-0.2, 0) is 4.79 Å². The molecule has 0 amide bonds. The number of pyridine rings is 2. The van der Waals surface area contributed by atoms with E-state index in [0.717, 1.165) is 42.9 Å². The van der Waals surface area contributed by atoms with Gasteiger partial charge in [0.25, 0.3) is 0 Å². The first-order chi connectivity index (χ1) is 16.3. The number of anilines is 1. The highest BCUT2D eigenvalue weighted by Crippen LogP contribution is 2.37. The lowest BCUT2D eigenvalue weighted by Crippen LogP contribution is -2.40. The van der Waals surface area contributed by atoms with Crippen LogP contribution < -0.4 is 9.64 Å². The van der Waals surface area contributed by atoms with Crippen LogP contribution in [0.4, 0.5) is 5.82 Å². The van der Waals surface area contributed by atoms with Crippen molar-refractivity contribution in [1.82, 2.24) is 14.6 Å². The second-order valence-corrected chi connectivity index (χ2v) is 9.63. The number of ether oxygens (including phenoxy) is 1. The van der Waals surface area contributed by atoms with Crippen LogP contribution in [0.2, 0.25) is 0 Å². The number of carbonyl (C=O) groups is 1. The van der Waals surface area contributed by atoms with E-state index in [1.54, 1.807) is 10.7 Å². The van der Waals surface area contributed by atoms with Crippen molar-refractivity contribution in [1.29, 1.82) is 5.26 Å². The summed E-state index contributed by atoms with van der Waals surface area (Å²) in [5, 5.41) is 22.9. The Labute approximate surface area is 199 Å². The fraction of sp³-hybridized carbons (Fsp3) is 0.462. The minimum atomic E-state index is -0.0906. The van der Waals surface area contributed by atoms with Crippen LogP contribution in [0.5, 0.6) is 5.75 Å². The van der Waals surface area contributed by atoms with Gasteiger partial charge < -0.3 is 14.7 Å². The Morgan fingerprint density at radius 3 is 2.68 bits per heavy atom. The van der Waals surface area contributed by atoms with E-state index >= 15 is 0 Å². The van der Waals surface area contributed by atoms with Crippen LogP contribution in [0.1, 0.15) is 45.6 Å². The molecule has 0 spiro atoms. The Bertz CT molecular complexity index is 1200. The molecule has 178 valence electrons. The Hall–Kier alpha value is -3.44. The van der Waals surface area contributed by atoms with Gasteiger partial charge in [-0.2, -0.15) is 10.4 Å². The summed E-state index contributed by atoms with van der Waals surface area (Å²) in [5.74, 6) is 1.88. The lowest BCUT2D eigenvalue weighted by atomic mass is 9.75. The number of piperidine rings is 1. The van der Waals surface area contributed by atoms with Gasteiger partial charge in [0, 0.05) is 42.8 Å². The summed E-state index contributed by atoms with van der Waals surface area (Å²) in [4.78, 5) is 19.3. The first kappa shape index (κ1) is 23.7. The van der Waals surface area contributed by atoms with Gasteiger partial charge in [0.05, 0.1) is 30.1 Å². The van der Waals surface area contributed by atoms with Gasteiger partial charge in [0.15, 0.2) is 0 Å². The average molecular weight is 462 g/mol. The van der Waals surface area contributed by atoms with Gasteiger partial charge in [0.1, 0.15) is 30.0 Å². The molecule has 0 bridgehead atoms. The van der Waals surface area contributed by atoms with Gasteiger partial charge in [-0.25, -0.2) is 9.50 Å². The molecule has 4 rings (SSSR count).